The van der Waals surface area contributed by atoms with Gasteiger partial charge in [0.25, 0.3) is 0 Å². The van der Waals surface area contributed by atoms with Gasteiger partial charge in [-0.15, -0.1) is 0 Å². The van der Waals surface area contributed by atoms with E-state index in [-0.39, 0.29) is 17.2 Å². The first-order valence-corrected chi connectivity index (χ1v) is 12.9. The molecule has 2 atom stereocenters. The maximum Gasteiger partial charge on any atom is 0.432 e. The van der Waals surface area contributed by atoms with E-state index in [1.165, 1.54) is 18.6 Å². The summed E-state index contributed by atoms with van der Waals surface area (Å²) in [6.45, 7) is 3.81. The molecule has 1 fully saturated rings. The molecule has 2 unspecified atom stereocenters. The van der Waals surface area contributed by atoms with Crippen LogP contribution in [0.15, 0.2) is 42.5 Å². The van der Waals surface area contributed by atoms with Crippen LogP contribution < -0.4 is 4.74 Å². The molecule has 0 aromatic heterocycles. The molecule has 0 saturated carbocycles. The summed E-state index contributed by atoms with van der Waals surface area (Å²) in [4.78, 5) is 0. The number of unbranched alkanes of at least 4 members (excludes halogenated alkanes) is 2. The zero-order valence-electron chi connectivity index (χ0n) is 21.6. The fraction of sp³-hybridized carbons (Fsp3) is 0.400. The highest BCUT2D eigenvalue weighted by Gasteiger charge is 2.41. The molecule has 210 valence electrons. The molecule has 39 heavy (non-hydrogen) atoms. The fourth-order valence-corrected chi connectivity index (χ4v) is 4.83. The summed E-state index contributed by atoms with van der Waals surface area (Å²) < 4.78 is 112. The zero-order chi connectivity index (χ0) is 28.3. The normalized spacial score (nSPS) is 17.9. The van der Waals surface area contributed by atoms with Crippen LogP contribution in [-0.4, -0.2) is 6.61 Å². The van der Waals surface area contributed by atoms with Gasteiger partial charge in [-0.1, -0.05) is 38.3 Å². The van der Waals surface area contributed by atoms with Crippen molar-refractivity contribution in [3.63, 3.8) is 0 Å². The molecule has 0 spiro atoms. The van der Waals surface area contributed by atoms with Gasteiger partial charge < -0.3 is 9.47 Å². The van der Waals surface area contributed by atoms with Gasteiger partial charge in [0.2, 0.25) is 0 Å². The topological polar surface area (TPSA) is 18.5 Å². The Balaban J connectivity index is 1.51. The Morgan fingerprint density at radius 1 is 0.846 bits per heavy atom. The summed E-state index contributed by atoms with van der Waals surface area (Å²) >= 11 is 0. The predicted molar refractivity (Wildman–Crippen MR) is 133 cm³/mol. The summed E-state index contributed by atoms with van der Waals surface area (Å²) in [6.07, 6.45) is 1.30. The van der Waals surface area contributed by atoms with Gasteiger partial charge in [0.1, 0.15) is 40.4 Å². The molecule has 4 rings (SSSR count). The molecule has 0 amide bonds. The first-order chi connectivity index (χ1) is 18.5. The van der Waals surface area contributed by atoms with E-state index in [2.05, 4.69) is 11.7 Å². The van der Waals surface area contributed by atoms with Crippen molar-refractivity contribution in [2.45, 2.75) is 64.6 Å². The molecule has 1 heterocycles. The van der Waals surface area contributed by atoms with E-state index >= 15 is 4.39 Å². The van der Waals surface area contributed by atoms with Crippen molar-refractivity contribution in [1.82, 2.24) is 0 Å². The highest BCUT2D eigenvalue weighted by Crippen LogP contribution is 2.39. The smallest absolute Gasteiger partial charge is 0.429 e. The highest BCUT2D eigenvalue weighted by molar-refractivity contribution is 5.65. The largest absolute Gasteiger partial charge is 0.432 e. The van der Waals surface area contributed by atoms with E-state index in [1.54, 1.807) is 6.07 Å². The van der Waals surface area contributed by atoms with Crippen LogP contribution in [0.25, 0.3) is 11.1 Å². The Morgan fingerprint density at radius 3 is 2.08 bits per heavy atom. The Kier molecular flexibility index (Phi) is 8.89. The maximum absolute atomic E-state index is 15.0. The fourth-order valence-electron chi connectivity index (χ4n) is 4.83. The quantitative estimate of drug-likeness (QED) is 0.194. The molecular formula is C30H29F7O2. The average Bonchev–Trinajstić information content (AvgIpc) is 2.87. The molecule has 0 radical (unpaired) electrons. The summed E-state index contributed by atoms with van der Waals surface area (Å²) in [5.74, 6) is -7.04. The number of benzene rings is 3. The lowest BCUT2D eigenvalue weighted by Crippen LogP contribution is -2.25. The van der Waals surface area contributed by atoms with Gasteiger partial charge in [0.15, 0.2) is 0 Å². The van der Waals surface area contributed by atoms with Gasteiger partial charge in [-0.2, -0.15) is 8.78 Å². The molecule has 1 aliphatic heterocycles. The van der Waals surface area contributed by atoms with Crippen LogP contribution in [-0.2, 0) is 10.8 Å². The third kappa shape index (κ3) is 6.57. The van der Waals surface area contributed by atoms with Crippen molar-refractivity contribution in [2.24, 2.45) is 5.92 Å². The van der Waals surface area contributed by atoms with Crippen molar-refractivity contribution in [1.29, 1.82) is 0 Å². The van der Waals surface area contributed by atoms with Gasteiger partial charge in [-0.25, -0.2) is 22.0 Å². The summed E-state index contributed by atoms with van der Waals surface area (Å²) in [5.41, 5.74) is -2.11. The van der Waals surface area contributed by atoms with Gasteiger partial charge in [-0.3, -0.25) is 0 Å². The lowest BCUT2D eigenvalue weighted by atomic mass is 9.90. The number of hydrogen-bond donors (Lipinski definition) is 0. The highest BCUT2D eigenvalue weighted by atomic mass is 19.3. The predicted octanol–water partition coefficient (Wildman–Crippen LogP) is 9.53. The summed E-state index contributed by atoms with van der Waals surface area (Å²) in [6, 6.07) is 6.21. The van der Waals surface area contributed by atoms with Crippen LogP contribution in [0.4, 0.5) is 30.7 Å². The number of ether oxygens (including phenoxy) is 2. The standard InChI is InChI=1S/C30H29F7O2/c1-3-4-5-6-18-7-10-28(38-16-18)19-8-9-22(25(33)11-19)20-12-26(34)29(27(35)13-20)30(36,37)39-21-14-23(31)17(2)24(32)15-21/h8-9,11-15,18,28H,3-7,10,16H2,1-2H3. The van der Waals surface area contributed by atoms with Crippen LogP contribution in [0, 0.1) is 41.9 Å². The van der Waals surface area contributed by atoms with E-state index in [1.807, 2.05) is 0 Å². The second-order valence-corrected chi connectivity index (χ2v) is 9.95. The van der Waals surface area contributed by atoms with E-state index in [4.69, 9.17) is 4.74 Å². The molecule has 3 aromatic carbocycles. The third-order valence-electron chi connectivity index (χ3n) is 7.10. The molecular weight excluding hydrogens is 525 g/mol. The van der Waals surface area contributed by atoms with Crippen LogP contribution in [0.5, 0.6) is 5.75 Å². The Bertz CT molecular complexity index is 1270. The second-order valence-electron chi connectivity index (χ2n) is 9.95. The van der Waals surface area contributed by atoms with Crippen LogP contribution in [0.3, 0.4) is 0 Å². The minimum atomic E-state index is -4.62. The SMILES string of the molecule is CCCCCC1CCC(c2ccc(-c3cc(F)c(C(F)(F)Oc4cc(F)c(C)c(F)c4)c(F)c3)c(F)c2)OC1. The summed E-state index contributed by atoms with van der Waals surface area (Å²) in [5, 5.41) is 0. The van der Waals surface area contributed by atoms with Gasteiger partial charge in [0.05, 0.1) is 12.7 Å². The summed E-state index contributed by atoms with van der Waals surface area (Å²) in [7, 11) is 0. The number of rotatable bonds is 9. The van der Waals surface area contributed by atoms with Crippen molar-refractivity contribution < 1.29 is 40.2 Å². The Hall–Kier alpha value is -3.07. The molecule has 0 aliphatic carbocycles. The van der Waals surface area contributed by atoms with Crippen LogP contribution in [0.1, 0.15) is 68.2 Å². The number of halogens is 7. The van der Waals surface area contributed by atoms with Gasteiger partial charge in [0, 0.05) is 23.3 Å². The van der Waals surface area contributed by atoms with E-state index in [0.29, 0.717) is 42.4 Å². The lowest BCUT2D eigenvalue weighted by molar-refractivity contribution is -0.189. The van der Waals surface area contributed by atoms with Gasteiger partial charge >= 0.3 is 6.11 Å². The van der Waals surface area contributed by atoms with Gasteiger partial charge in [-0.05, 0) is 61.4 Å². The van der Waals surface area contributed by atoms with Crippen LogP contribution >= 0.6 is 0 Å². The molecule has 0 bridgehead atoms. The van der Waals surface area contributed by atoms with Crippen molar-refractivity contribution >= 4 is 0 Å². The molecule has 3 aromatic rings. The van der Waals surface area contributed by atoms with Crippen LogP contribution in [0.2, 0.25) is 0 Å². The first kappa shape index (κ1) is 28.9. The molecule has 1 aliphatic rings. The van der Waals surface area contributed by atoms with E-state index in [0.717, 1.165) is 39.0 Å². The zero-order valence-corrected chi connectivity index (χ0v) is 21.6. The van der Waals surface area contributed by atoms with E-state index in [9.17, 15) is 26.3 Å². The Labute approximate surface area is 222 Å². The van der Waals surface area contributed by atoms with Crippen molar-refractivity contribution in [3.05, 3.63) is 88.2 Å². The number of hydrogen-bond acceptors (Lipinski definition) is 2. The van der Waals surface area contributed by atoms with Crippen molar-refractivity contribution in [2.75, 3.05) is 6.61 Å². The minimum Gasteiger partial charge on any atom is -0.429 e. The second kappa shape index (κ2) is 12.0. The molecule has 0 N–H and O–H groups in total. The molecule has 9 heteroatoms. The maximum atomic E-state index is 15.0. The molecule has 2 nitrogen and oxygen atoms in total. The third-order valence-corrected chi connectivity index (χ3v) is 7.10. The minimum absolute atomic E-state index is 0.191. The first-order valence-electron chi connectivity index (χ1n) is 12.9. The monoisotopic (exact) mass is 554 g/mol. The lowest BCUT2D eigenvalue weighted by Gasteiger charge is -2.29. The molecule has 1 saturated heterocycles. The van der Waals surface area contributed by atoms with Crippen molar-refractivity contribution in [3.8, 4) is 16.9 Å². The average molecular weight is 555 g/mol. The Morgan fingerprint density at radius 2 is 1.51 bits per heavy atom. The van der Waals surface area contributed by atoms with E-state index < -0.39 is 52.1 Å². The number of alkyl halides is 2.